The van der Waals surface area contributed by atoms with Gasteiger partial charge in [0.2, 0.25) is 0 Å². The van der Waals surface area contributed by atoms with Crippen molar-refractivity contribution in [2.45, 2.75) is 32.9 Å². The van der Waals surface area contributed by atoms with Gasteiger partial charge in [0.25, 0.3) is 0 Å². The highest BCUT2D eigenvalue weighted by Gasteiger charge is 2.23. The molecule has 0 aliphatic carbocycles. The van der Waals surface area contributed by atoms with Gasteiger partial charge in [-0.05, 0) is 41.2 Å². The van der Waals surface area contributed by atoms with E-state index in [9.17, 15) is 0 Å². The van der Waals surface area contributed by atoms with Gasteiger partial charge in [-0.3, -0.25) is 4.90 Å². The first-order chi connectivity index (χ1) is 11.6. The summed E-state index contributed by atoms with van der Waals surface area (Å²) in [7, 11) is 0. The number of nitrogens with one attached hydrogen (secondary N) is 1. The summed E-state index contributed by atoms with van der Waals surface area (Å²) < 4.78 is 0. The van der Waals surface area contributed by atoms with E-state index in [0.717, 1.165) is 37.1 Å². The van der Waals surface area contributed by atoms with E-state index < -0.39 is 0 Å². The molecule has 0 amide bonds. The van der Waals surface area contributed by atoms with Gasteiger partial charge in [-0.25, -0.2) is 0 Å². The lowest BCUT2D eigenvalue weighted by molar-refractivity contribution is 0.134. The second kappa shape index (κ2) is 8.15. The Balaban J connectivity index is 1.83. The van der Waals surface area contributed by atoms with Gasteiger partial charge in [0.15, 0.2) is 0 Å². The van der Waals surface area contributed by atoms with Crippen molar-refractivity contribution in [1.82, 2.24) is 10.2 Å². The first-order valence-electron chi connectivity index (χ1n) is 8.92. The number of nitrogens with zero attached hydrogens (tertiary/aromatic N) is 1. The zero-order valence-electron chi connectivity index (χ0n) is 14.6. The molecule has 1 fully saturated rings. The topological polar surface area (TPSA) is 15.3 Å². The van der Waals surface area contributed by atoms with Crippen LogP contribution >= 0.6 is 11.6 Å². The standard InChI is InChI=1S/C21H27ClN2/c1-16(2)13-20-14-23-11-12-24(20)15-18-5-3-4-6-21(18)17-7-9-19(22)10-8-17/h3-10,16,20,23H,11-15H2,1-2H3. The quantitative estimate of drug-likeness (QED) is 0.837. The Bertz CT molecular complexity index is 651. The summed E-state index contributed by atoms with van der Waals surface area (Å²) in [5.74, 6) is 0.726. The van der Waals surface area contributed by atoms with E-state index in [2.05, 4.69) is 60.5 Å². The van der Waals surface area contributed by atoms with Gasteiger partial charge < -0.3 is 5.32 Å². The zero-order chi connectivity index (χ0) is 16.9. The third-order valence-corrected chi connectivity index (χ3v) is 5.01. The Morgan fingerprint density at radius 2 is 1.88 bits per heavy atom. The van der Waals surface area contributed by atoms with E-state index in [4.69, 9.17) is 11.6 Å². The molecule has 1 aliphatic rings. The average molecular weight is 343 g/mol. The van der Waals surface area contributed by atoms with E-state index in [1.807, 2.05) is 12.1 Å². The van der Waals surface area contributed by atoms with E-state index in [0.29, 0.717) is 6.04 Å². The Morgan fingerprint density at radius 3 is 2.62 bits per heavy atom. The minimum Gasteiger partial charge on any atom is -0.314 e. The Hall–Kier alpha value is -1.35. The molecule has 0 bridgehead atoms. The minimum atomic E-state index is 0.622. The maximum atomic E-state index is 6.05. The fourth-order valence-corrected chi connectivity index (χ4v) is 3.70. The highest BCUT2D eigenvalue weighted by Crippen LogP contribution is 2.27. The van der Waals surface area contributed by atoms with Gasteiger partial charge in [-0.15, -0.1) is 0 Å². The van der Waals surface area contributed by atoms with Crippen LogP contribution in [0.2, 0.25) is 5.02 Å². The van der Waals surface area contributed by atoms with Crippen LogP contribution in [0.25, 0.3) is 11.1 Å². The molecule has 0 saturated carbocycles. The molecule has 3 heteroatoms. The van der Waals surface area contributed by atoms with E-state index in [1.54, 1.807) is 0 Å². The molecule has 1 heterocycles. The van der Waals surface area contributed by atoms with Gasteiger partial charge in [-0.2, -0.15) is 0 Å². The predicted molar refractivity (Wildman–Crippen MR) is 103 cm³/mol. The molecule has 1 saturated heterocycles. The number of piperazine rings is 1. The summed E-state index contributed by atoms with van der Waals surface area (Å²) >= 11 is 6.05. The molecule has 128 valence electrons. The molecule has 1 aliphatic heterocycles. The molecule has 3 rings (SSSR count). The SMILES string of the molecule is CC(C)CC1CNCCN1Cc1ccccc1-c1ccc(Cl)cc1. The van der Waals surface area contributed by atoms with Gasteiger partial charge in [0.1, 0.15) is 0 Å². The van der Waals surface area contributed by atoms with Gasteiger partial charge in [-0.1, -0.05) is 61.8 Å². The summed E-state index contributed by atoms with van der Waals surface area (Å²) in [6.07, 6.45) is 1.25. The molecule has 0 spiro atoms. The molecule has 0 aromatic heterocycles. The van der Waals surface area contributed by atoms with Crippen molar-refractivity contribution in [2.24, 2.45) is 5.92 Å². The number of rotatable bonds is 5. The fourth-order valence-electron chi connectivity index (χ4n) is 3.58. The van der Waals surface area contributed by atoms with Crippen LogP contribution in [0.4, 0.5) is 0 Å². The maximum Gasteiger partial charge on any atom is 0.0406 e. The number of hydrogen-bond donors (Lipinski definition) is 1. The lowest BCUT2D eigenvalue weighted by Crippen LogP contribution is -2.51. The van der Waals surface area contributed by atoms with Crippen molar-refractivity contribution in [3.8, 4) is 11.1 Å². The Kier molecular flexibility index (Phi) is 5.94. The second-order valence-corrected chi connectivity index (χ2v) is 7.56. The van der Waals surface area contributed by atoms with Crippen LogP contribution in [0, 0.1) is 5.92 Å². The number of halogens is 1. The van der Waals surface area contributed by atoms with Gasteiger partial charge >= 0.3 is 0 Å². The lowest BCUT2D eigenvalue weighted by atomic mass is 9.97. The molecule has 2 aromatic rings. The summed E-state index contributed by atoms with van der Waals surface area (Å²) in [4.78, 5) is 2.64. The van der Waals surface area contributed by atoms with Crippen LogP contribution in [0.3, 0.4) is 0 Å². The van der Waals surface area contributed by atoms with Crippen LogP contribution in [0.5, 0.6) is 0 Å². The smallest absolute Gasteiger partial charge is 0.0406 e. The molecule has 2 aromatic carbocycles. The summed E-state index contributed by atoms with van der Waals surface area (Å²) in [6.45, 7) is 8.94. The van der Waals surface area contributed by atoms with E-state index >= 15 is 0 Å². The highest BCUT2D eigenvalue weighted by molar-refractivity contribution is 6.30. The van der Waals surface area contributed by atoms with Crippen molar-refractivity contribution in [3.05, 3.63) is 59.1 Å². The van der Waals surface area contributed by atoms with Crippen LogP contribution in [0.1, 0.15) is 25.8 Å². The molecule has 0 radical (unpaired) electrons. The van der Waals surface area contributed by atoms with Gasteiger partial charge in [0, 0.05) is 37.2 Å². The van der Waals surface area contributed by atoms with Crippen LogP contribution in [-0.4, -0.2) is 30.6 Å². The molecular formula is C21H27ClN2. The molecule has 1 unspecified atom stereocenters. The van der Waals surface area contributed by atoms with E-state index in [-0.39, 0.29) is 0 Å². The van der Waals surface area contributed by atoms with Crippen LogP contribution in [0.15, 0.2) is 48.5 Å². The normalized spacial score (nSPS) is 18.9. The average Bonchev–Trinajstić information content (AvgIpc) is 2.58. The third-order valence-electron chi connectivity index (χ3n) is 4.76. The fraction of sp³-hybridized carbons (Fsp3) is 0.429. The zero-order valence-corrected chi connectivity index (χ0v) is 15.4. The van der Waals surface area contributed by atoms with Crippen LogP contribution < -0.4 is 5.32 Å². The van der Waals surface area contributed by atoms with E-state index in [1.165, 1.54) is 23.1 Å². The summed E-state index contributed by atoms with van der Waals surface area (Å²) in [5.41, 5.74) is 3.96. The maximum absolute atomic E-state index is 6.05. The second-order valence-electron chi connectivity index (χ2n) is 7.12. The van der Waals surface area contributed by atoms with Crippen molar-refractivity contribution >= 4 is 11.6 Å². The predicted octanol–water partition coefficient (Wildman–Crippen LogP) is 4.83. The van der Waals surface area contributed by atoms with Crippen LogP contribution in [-0.2, 0) is 6.54 Å². The third kappa shape index (κ3) is 4.38. The molecule has 1 N–H and O–H groups in total. The molecule has 24 heavy (non-hydrogen) atoms. The molecule has 1 atom stereocenters. The minimum absolute atomic E-state index is 0.622. The summed E-state index contributed by atoms with van der Waals surface area (Å²) in [6, 6.07) is 17.5. The highest BCUT2D eigenvalue weighted by atomic mass is 35.5. The van der Waals surface area contributed by atoms with Gasteiger partial charge in [0.05, 0.1) is 0 Å². The Labute approximate surface area is 150 Å². The largest absolute Gasteiger partial charge is 0.314 e. The van der Waals surface area contributed by atoms with Crippen molar-refractivity contribution in [1.29, 1.82) is 0 Å². The number of hydrogen-bond acceptors (Lipinski definition) is 2. The number of benzene rings is 2. The monoisotopic (exact) mass is 342 g/mol. The molecular weight excluding hydrogens is 316 g/mol. The van der Waals surface area contributed by atoms with Crippen molar-refractivity contribution < 1.29 is 0 Å². The molecule has 2 nitrogen and oxygen atoms in total. The van der Waals surface area contributed by atoms with Crippen molar-refractivity contribution in [2.75, 3.05) is 19.6 Å². The first kappa shape index (κ1) is 17.5. The first-order valence-corrected chi connectivity index (χ1v) is 9.30. The summed E-state index contributed by atoms with van der Waals surface area (Å²) in [5, 5.41) is 4.34. The van der Waals surface area contributed by atoms with Crippen molar-refractivity contribution in [3.63, 3.8) is 0 Å². The Morgan fingerprint density at radius 1 is 1.12 bits per heavy atom. The lowest BCUT2D eigenvalue weighted by Gasteiger charge is -2.37.